The average molecular weight is 555 g/mol. The van der Waals surface area contributed by atoms with Gasteiger partial charge in [0, 0.05) is 18.2 Å². The Labute approximate surface area is 217 Å². The second-order valence-electron chi connectivity index (χ2n) is 7.48. The summed E-state index contributed by atoms with van der Waals surface area (Å²) in [7, 11) is 4.55. The first-order chi connectivity index (χ1) is 17.4. The van der Waals surface area contributed by atoms with Crippen LogP contribution in [-0.4, -0.2) is 27.2 Å². The average Bonchev–Trinajstić information content (AvgIpc) is 2.89. The van der Waals surface area contributed by atoms with Gasteiger partial charge in [-0.3, -0.25) is 4.79 Å². The molecule has 0 saturated carbocycles. The van der Waals surface area contributed by atoms with E-state index in [1.54, 1.807) is 49.6 Å². The van der Waals surface area contributed by atoms with Gasteiger partial charge in [0.05, 0.1) is 25.8 Å². The molecule has 0 saturated heterocycles. The number of nitriles is 1. The number of carbonyl (C=O) groups is 1. The van der Waals surface area contributed by atoms with Crippen molar-refractivity contribution >= 4 is 27.9 Å². The number of ether oxygens (including phenoxy) is 4. The van der Waals surface area contributed by atoms with Gasteiger partial charge < -0.3 is 24.3 Å². The molecule has 0 heterocycles. The number of benzene rings is 3. The summed E-state index contributed by atoms with van der Waals surface area (Å²) in [6, 6.07) is 16.6. The molecule has 0 aliphatic rings. The van der Waals surface area contributed by atoms with Crippen LogP contribution in [0.3, 0.4) is 0 Å². The van der Waals surface area contributed by atoms with Gasteiger partial charge in [-0.25, -0.2) is 4.39 Å². The van der Waals surface area contributed by atoms with Crippen molar-refractivity contribution in [3.8, 4) is 29.1 Å². The second kappa shape index (κ2) is 12.6. The first-order valence-corrected chi connectivity index (χ1v) is 11.5. The van der Waals surface area contributed by atoms with Crippen LogP contribution < -0.4 is 24.3 Å². The largest absolute Gasteiger partial charge is 0.497 e. The fraction of sp³-hybridized carbons (Fsp3) is 0.185. The number of amides is 1. The maximum Gasteiger partial charge on any atom is 0.262 e. The Balaban J connectivity index is 1.76. The third-order valence-electron chi connectivity index (χ3n) is 5.13. The Morgan fingerprint density at radius 1 is 1.06 bits per heavy atom. The molecule has 1 amide bonds. The molecule has 1 N–H and O–H groups in total. The molecule has 0 radical (unpaired) electrons. The lowest BCUT2D eigenvalue weighted by Crippen LogP contribution is -2.24. The van der Waals surface area contributed by atoms with Crippen molar-refractivity contribution in [3.05, 3.63) is 87.2 Å². The highest BCUT2D eigenvalue weighted by Crippen LogP contribution is 2.38. The molecule has 0 atom stereocenters. The van der Waals surface area contributed by atoms with E-state index >= 15 is 0 Å². The first kappa shape index (κ1) is 26.6. The van der Waals surface area contributed by atoms with Crippen molar-refractivity contribution in [2.45, 2.75) is 13.2 Å². The summed E-state index contributed by atoms with van der Waals surface area (Å²) < 4.78 is 35.8. The zero-order valence-electron chi connectivity index (χ0n) is 19.9. The predicted molar refractivity (Wildman–Crippen MR) is 136 cm³/mol. The van der Waals surface area contributed by atoms with E-state index in [9.17, 15) is 14.4 Å². The molecule has 0 bridgehead atoms. The molecule has 3 rings (SSSR count). The molecule has 0 unspecified atom stereocenters. The number of carbonyl (C=O) groups excluding carboxylic acids is 1. The Bertz CT molecular complexity index is 1320. The van der Waals surface area contributed by atoms with Crippen LogP contribution in [0.25, 0.3) is 6.08 Å². The molecule has 3 aromatic carbocycles. The van der Waals surface area contributed by atoms with Gasteiger partial charge in [0.25, 0.3) is 5.91 Å². The molecule has 9 heteroatoms. The van der Waals surface area contributed by atoms with E-state index in [1.165, 1.54) is 32.4 Å². The van der Waals surface area contributed by atoms with Crippen LogP contribution in [0.4, 0.5) is 4.39 Å². The van der Waals surface area contributed by atoms with Crippen molar-refractivity contribution in [3.63, 3.8) is 0 Å². The van der Waals surface area contributed by atoms with Gasteiger partial charge in [-0.05, 0) is 69.5 Å². The third-order valence-corrected chi connectivity index (χ3v) is 5.72. The van der Waals surface area contributed by atoms with Gasteiger partial charge in [0.15, 0.2) is 11.5 Å². The lowest BCUT2D eigenvalue weighted by Gasteiger charge is -2.14. The minimum atomic E-state index is -0.545. The normalized spacial score (nSPS) is 10.8. The lowest BCUT2D eigenvalue weighted by atomic mass is 10.1. The number of hydrogen-bond donors (Lipinski definition) is 1. The number of hydrogen-bond acceptors (Lipinski definition) is 6. The monoisotopic (exact) mass is 554 g/mol. The molecule has 3 aromatic rings. The highest BCUT2D eigenvalue weighted by atomic mass is 79.9. The smallest absolute Gasteiger partial charge is 0.262 e. The van der Waals surface area contributed by atoms with Gasteiger partial charge in [-0.1, -0.05) is 12.1 Å². The van der Waals surface area contributed by atoms with E-state index in [0.717, 1.165) is 5.56 Å². The number of rotatable bonds is 10. The highest BCUT2D eigenvalue weighted by Gasteiger charge is 2.15. The fourth-order valence-corrected chi connectivity index (χ4v) is 3.90. The van der Waals surface area contributed by atoms with Crippen molar-refractivity contribution in [2.24, 2.45) is 0 Å². The quantitative estimate of drug-likeness (QED) is 0.266. The zero-order chi connectivity index (χ0) is 26.1. The molecular formula is C27H24BrFN2O5. The minimum absolute atomic E-state index is 0.0927. The summed E-state index contributed by atoms with van der Waals surface area (Å²) in [6.07, 6.45) is 1.45. The van der Waals surface area contributed by atoms with Gasteiger partial charge in [0.1, 0.15) is 35.6 Å². The summed E-state index contributed by atoms with van der Waals surface area (Å²) in [6.45, 7) is 0.285. The molecule has 0 fully saturated rings. The molecule has 36 heavy (non-hydrogen) atoms. The van der Waals surface area contributed by atoms with Crippen molar-refractivity contribution in [2.75, 3.05) is 21.3 Å². The van der Waals surface area contributed by atoms with Crippen molar-refractivity contribution in [1.82, 2.24) is 5.32 Å². The van der Waals surface area contributed by atoms with E-state index in [0.29, 0.717) is 38.6 Å². The minimum Gasteiger partial charge on any atom is -0.497 e. The summed E-state index contributed by atoms with van der Waals surface area (Å²) in [4.78, 5) is 12.7. The van der Waals surface area contributed by atoms with Gasteiger partial charge in [-0.2, -0.15) is 5.26 Å². The van der Waals surface area contributed by atoms with Crippen LogP contribution in [0.15, 0.2) is 64.6 Å². The van der Waals surface area contributed by atoms with Crippen LogP contribution in [-0.2, 0) is 17.9 Å². The molecule has 0 aliphatic carbocycles. The number of nitrogens with zero attached hydrogens (tertiary/aromatic N) is 1. The van der Waals surface area contributed by atoms with Crippen LogP contribution in [0.1, 0.15) is 16.7 Å². The molecule has 0 spiro atoms. The van der Waals surface area contributed by atoms with E-state index in [1.807, 2.05) is 6.07 Å². The van der Waals surface area contributed by atoms with E-state index in [-0.39, 0.29) is 24.5 Å². The van der Waals surface area contributed by atoms with Crippen LogP contribution >= 0.6 is 15.9 Å². The number of halogens is 2. The van der Waals surface area contributed by atoms with Gasteiger partial charge in [-0.15, -0.1) is 0 Å². The van der Waals surface area contributed by atoms with Crippen LogP contribution in [0.2, 0.25) is 0 Å². The Hall–Kier alpha value is -4.03. The molecule has 186 valence electrons. The van der Waals surface area contributed by atoms with Gasteiger partial charge in [0.2, 0.25) is 0 Å². The third kappa shape index (κ3) is 6.77. The fourth-order valence-electron chi connectivity index (χ4n) is 3.33. The molecule has 0 aromatic heterocycles. The Kier molecular flexibility index (Phi) is 9.31. The predicted octanol–water partition coefficient (Wildman–Crippen LogP) is 5.42. The summed E-state index contributed by atoms with van der Waals surface area (Å²) >= 11 is 3.45. The summed E-state index contributed by atoms with van der Waals surface area (Å²) in [5.74, 6) is 1.08. The first-order valence-electron chi connectivity index (χ1n) is 10.7. The van der Waals surface area contributed by atoms with Crippen molar-refractivity contribution in [1.29, 1.82) is 5.26 Å². The topological polar surface area (TPSA) is 89.8 Å². The second-order valence-corrected chi connectivity index (χ2v) is 8.34. The molecular weight excluding hydrogens is 531 g/mol. The van der Waals surface area contributed by atoms with E-state index in [2.05, 4.69) is 21.2 Å². The Morgan fingerprint density at radius 2 is 1.83 bits per heavy atom. The maximum atomic E-state index is 13.4. The van der Waals surface area contributed by atoms with Crippen LogP contribution in [0, 0.1) is 17.1 Å². The lowest BCUT2D eigenvalue weighted by molar-refractivity contribution is -0.117. The molecule has 0 aliphatic heterocycles. The highest BCUT2D eigenvalue weighted by molar-refractivity contribution is 9.10. The standard InChI is InChI=1S/C27H24BrFN2O5/c1-33-22-8-7-19(24(13-22)34-2)15-31-27(32)20(14-30)9-18-11-23(28)26(25(12-18)35-3)36-16-17-5-4-6-21(29)10-17/h4-13H,15-16H2,1-3H3,(H,31,32)/b20-9+. The zero-order valence-corrected chi connectivity index (χ0v) is 21.5. The maximum absolute atomic E-state index is 13.4. The van der Waals surface area contributed by atoms with Crippen LogP contribution in [0.5, 0.6) is 23.0 Å². The SMILES string of the molecule is COc1ccc(CNC(=O)/C(C#N)=C/c2cc(Br)c(OCc3cccc(F)c3)c(OC)c2)c(OC)c1. The Morgan fingerprint density at radius 3 is 2.50 bits per heavy atom. The molecule has 7 nitrogen and oxygen atoms in total. The summed E-state index contributed by atoms with van der Waals surface area (Å²) in [5.41, 5.74) is 1.84. The van der Waals surface area contributed by atoms with E-state index < -0.39 is 5.91 Å². The van der Waals surface area contributed by atoms with Gasteiger partial charge >= 0.3 is 0 Å². The van der Waals surface area contributed by atoms with Crippen molar-refractivity contribution < 1.29 is 28.1 Å². The summed E-state index contributed by atoms with van der Waals surface area (Å²) in [5, 5.41) is 12.3. The number of methoxy groups -OCH3 is 3. The van der Waals surface area contributed by atoms with E-state index in [4.69, 9.17) is 18.9 Å². The number of nitrogens with one attached hydrogen (secondary N) is 1.